The van der Waals surface area contributed by atoms with Gasteiger partial charge in [-0.3, -0.25) is 4.79 Å². The molecule has 0 fully saturated rings. The number of carbonyl (C=O) groups is 1. The molecule has 2 atom stereocenters. The third-order valence-electron chi connectivity index (χ3n) is 3.69. The molecule has 0 aliphatic carbocycles. The lowest BCUT2D eigenvalue weighted by Gasteiger charge is -2.20. The SMILES string of the molecule is CCCCC(CC)CC(CC)C(=O)OCCOCCO. The standard InChI is InChI=1S/C16H32O4/c1-4-7-8-14(5-2)13-15(6-3)16(18)20-12-11-19-10-9-17/h14-15,17H,4-13H2,1-3H3. The number of esters is 1. The lowest BCUT2D eigenvalue weighted by Crippen LogP contribution is -2.22. The van der Waals surface area contributed by atoms with E-state index >= 15 is 0 Å². The van der Waals surface area contributed by atoms with Crippen LogP contribution in [0.4, 0.5) is 0 Å². The average Bonchev–Trinajstić information content (AvgIpc) is 2.47. The molecule has 0 saturated carbocycles. The Balaban J connectivity index is 3.99. The van der Waals surface area contributed by atoms with Crippen LogP contribution in [0.5, 0.6) is 0 Å². The minimum atomic E-state index is -0.102. The van der Waals surface area contributed by atoms with Crippen LogP contribution in [0.3, 0.4) is 0 Å². The molecule has 0 aliphatic heterocycles. The second kappa shape index (κ2) is 13.4. The van der Waals surface area contributed by atoms with Gasteiger partial charge in [-0.05, 0) is 18.8 Å². The molecule has 0 radical (unpaired) electrons. The Kier molecular flexibility index (Phi) is 13.0. The number of ether oxygens (including phenoxy) is 2. The normalized spacial score (nSPS) is 14.0. The fourth-order valence-electron chi connectivity index (χ4n) is 2.30. The quantitative estimate of drug-likeness (QED) is 0.418. The molecule has 0 aromatic heterocycles. The number of carbonyl (C=O) groups excluding carboxylic acids is 1. The minimum absolute atomic E-state index is 0.00113. The first kappa shape index (κ1) is 19.4. The zero-order valence-corrected chi connectivity index (χ0v) is 13.4. The van der Waals surface area contributed by atoms with E-state index in [2.05, 4.69) is 13.8 Å². The van der Waals surface area contributed by atoms with Gasteiger partial charge < -0.3 is 14.6 Å². The molecular weight excluding hydrogens is 256 g/mol. The maximum atomic E-state index is 12.0. The van der Waals surface area contributed by atoms with E-state index in [1.165, 1.54) is 19.3 Å². The van der Waals surface area contributed by atoms with Crippen LogP contribution in [0.25, 0.3) is 0 Å². The summed E-state index contributed by atoms with van der Waals surface area (Å²) in [6.07, 6.45) is 6.54. The van der Waals surface area contributed by atoms with E-state index in [1.54, 1.807) is 0 Å². The Hall–Kier alpha value is -0.610. The summed E-state index contributed by atoms with van der Waals surface area (Å²) >= 11 is 0. The van der Waals surface area contributed by atoms with Crippen molar-refractivity contribution in [3.05, 3.63) is 0 Å². The molecule has 0 bridgehead atoms. The number of hydrogen-bond acceptors (Lipinski definition) is 4. The molecule has 4 heteroatoms. The molecule has 0 aromatic rings. The molecule has 0 spiro atoms. The van der Waals surface area contributed by atoms with Gasteiger partial charge in [0.05, 0.1) is 25.7 Å². The maximum Gasteiger partial charge on any atom is 0.309 e. The molecule has 0 amide bonds. The summed E-state index contributed by atoms with van der Waals surface area (Å²) in [5.41, 5.74) is 0. The fraction of sp³-hybridized carbons (Fsp3) is 0.938. The number of aliphatic hydroxyl groups is 1. The highest BCUT2D eigenvalue weighted by Gasteiger charge is 2.21. The predicted octanol–water partition coefficient (Wildman–Crippen LogP) is 3.17. The van der Waals surface area contributed by atoms with Gasteiger partial charge in [0.15, 0.2) is 0 Å². The van der Waals surface area contributed by atoms with Crippen LogP contribution in [0.15, 0.2) is 0 Å². The zero-order valence-electron chi connectivity index (χ0n) is 13.4. The number of aliphatic hydroxyl groups excluding tert-OH is 1. The van der Waals surface area contributed by atoms with E-state index in [-0.39, 0.29) is 25.1 Å². The summed E-state index contributed by atoms with van der Waals surface area (Å²) in [5, 5.41) is 8.57. The summed E-state index contributed by atoms with van der Waals surface area (Å²) in [7, 11) is 0. The highest BCUT2D eigenvalue weighted by atomic mass is 16.6. The first-order valence-corrected chi connectivity index (χ1v) is 8.04. The van der Waals surface area contributed by atoms with Crippen LogP contribution in [-0.2, 0) is 14.3 Å². The van der Waals surface area contributed by atoms with Crippen LogP contribution in [0, 0.1) is 11.8 Å². The van der Waals surface area contributed by atoms with Crippen molar-refractivity contribution in [1.29, 1.82) is 0 Å². The van der Waals surface area contributed by atoms with Gasteiger partial charge in [-0.2, -0.15) is 0 Å². The van der Waals surface area contributed by atoms with Gasteiger partial charge >= 0.3 is 5.97 Å². The van der Waals surface area contributed by atoms with Crippen molar-refractivity contribution in [1.82, 2.24) is 0 Å². The first-order chi connectivity index (χ1) is 9.69. The van der Waals surface area contributed by atoms with E-state index in [1.807, 2.05) is 6.92 Å². The van der Waals surface area contributed by atoms with Crippen LogP contribution in [0.1, 0.15) is 59.3 Å². The molecule has 120 valence electrons. The Morgan fingerprint density at radius 1 is 1.10 bits per heavy atom. The van der Waals surface area contributed by atoms with E-state index in [4.69, 9.17) is 14.6 Å². The van der Waals surface area contributed by atoms with Crippen molar-refractivity contribution in [3.8, 4) is 0 Å². The van der Waals surface area contributed by atoms with E-state index in [0.717, 1.165) is 19.3 Å². The first-order valence-electron chi connectivity index (χ1n) is 8.04. The molecule has 0 aromatic carbocycles. The van der Waals surface area contributed by atoms with E-state index in [9.17, 15) is 4.79 Å². The van der Waals surface area contributed by atoms with Crippen molar-refractivity contribution in [2.45, 2.75) is 59.3 Å². The molecule has 0 heterocycles. The fourth-order valence-corrected chi connectivity index (χ4v) is 2.30. The van der Waals surface area contributed by atoms with Gasteiger partial charge in [-0.1, -0.05) is 46.5 Å². The minimum Gasteiger partial charge on any atom is -0.463 e. The third kappa shape index (κ3) is 9.32. The Morgan fingerprint density at radius 2 is 1.85 bits per heavy atom. The van der Waals surface area contributed by atoms with Crippen molar-refractivity contribution < 1.29 is 19.4 Å². The topological polar surface area (TPSA) is 55.8 Å². The van der Waals surface area contributed by atoms with Crippen molar-refractivity contribution in [3.63, 3.8) is 0 Å². The van der Waals surface area contributed by atoms with Crippen molar-refractivity contribution in [2.75, 3.05) is 26.4 Å². The highest BCUT2D eigenvalue weighted by Crippen LogP contribution is 2.24. The smallest absolute Gasteiger partial charge is 0.309 e. The van der Waals surface area contributed by atoms with Crippen LogP contribution in [0.2, 0.25) is 0 Å². The molecule has 0 aliphatic rings. The highest BCUT2D eigenvalue weighted by molar-refractivity contribution is 5.72. The number of rotatable bonds is 13. The van der Waals surface area contributed by atoms with Gasteiger partial charge in [0.25, 0.3) is 0 Å². The van der Waals surface area contributed by atoms with Gasteiger partial charge in [0, 0.05) is 0 Å². The molecular formula is C16H32O4. The predicted molar refractivity (Wildman–Crippen MR) is 80.6 cm³/mol. The molecule has 20 heavy (non-hydrogen) atoms. The summed E-state index contributed by atoms with van der Waals surface area (Å²) in [6, 6.07) is 0. The van der Waals surface area contributed by atoms with Crippen molar-refractivity contribution >= 4 is 5.97 Å². The van der Waals surface area contributed by atoms with E-state index < -0.39 is 0 Å². The van der Waals surface area contributed by atoms with Crippen LogP contribution in [-0.4, -0.2) is 37.5 Å². The monoisotopic (exact) mass is 288 g/mol. The summed E-state index contributed by atoms with van der Waals surface area (Å²) in [6.45, 7) is 7.37. The maximum absolute atomic E-state index is 12.0. The average molecular weight is 288 g/mol. The summed E-state index contributed by atoms with van der Waals surface area (Å²) < 4.78 is 10.3. The summed E-state index contributed by atoms with van der Waals surface area (Å²) in [5.74, 6) is 0.530. The van der Waals surface area contributed by atoms with E-state index in [0.29, 0.717) is 19.1 Å². The van der Waals surface area contributed by atoms with Gasteiger partial charge in [-0.25, -0.2) is 0 Å². The Labute approximate surface area is 123 Å². The second-order valence-corrected chi connectivity index (χ2v) is 5.26. The Morgan fingerprint density at radius 3 is 2.40 bits per heavy atom. The lowest BCUT2D eigenvalue weighted by molar-refractivity contribution is -0.151. The van der Waals surface area contributed by atoms with Crippen LogP contribution >= 0.6 is 0 Å². The summed E-state index contributed by atoms with van der Waals surface area (Å²) in [4.78, 5) is 12.0. The largest absolute Gasteiger partial charge is 0.463 e. The second-order valence-electron chi connectivity index (χ2n) is 5.26. The number of unbranched alkanes of at least 4 members (excludes halogenated alkanes) is 1. The lowest BCUT2D eigenvalue weighted by atomic mass is 9.87. The number of hydrogen-bond donors (Lipinski definition) is 1. The zero-order chi connectivity index (χ0) is 15.2. The molecule has 0 saturated heterocycles. The third-order valence-corrected chi connectivity index (χ3v) is 3.69. The van der Waals surface area contributed by atoms with Crippen LogP contribution < -0.4 is 0 Å². The van der Waals surface area contributed by atoms with Gasteiger partial charge in [-0.15, -0.1) is 0 Å². The molecule has 0 rings (SSSR count). The van der Waals surface area contributed by atoms with Crippen molar-refractivity contribution in [2.24, 2.45) is 11.8 Å². The molecule has 4 nitrogen and oxygen atoms in total. The van der Waals surface area contributed by atoms with Gasteiger partial charge in [0.2, 0.25) is 0 Å². The van der Waals surface area contributed by atoms with Gasteiger partial charge in [0.1, 0.15) is 6.61 Å². The molecule has 2 unspecified atom stereocenters. The Bertz CT molecular complexity index is 231. The molecule has 1 N–H and O–H groups in total.